The summed E-state index contributed by atoms with van der Waals surface area (Å²) < 4.78 is 5.69. The van der Waals surface area contributed by atoms with E-state index in [0.29, 0.717) is 6.42 Å². The van der Waals surface area contributed by atoms with Crippen LogP contribution in [0.3, 0.4) is 0 Å². The molecule has 0 saturated carbocycles. The van der Waals surface area contributed by atoms with Gasteiger partial charge in [0.1, 0.15) is 6.10 Å². The Labute approximate surface area is 177 Å². The third-order valence-corrected chi connectivity index (χ3v) is 5.05. The minimum atomic E-state index is -0.625. The molecule has 0 bridgehead atoms. The maximum atomic E-state index is 9.88. The van der Waals surface area contributed by atoms with E-state index in [1.165, 1.54) is 0 Å². The van der Waals surface area contributed by atoms with E-state index in [1.807, 2.05) is 78.9 Å². The van der Waals surface area contributed by atoms with Gasteiger partial charge in [-0.15, -0.1) is 0 Å². The van der Waals surface area contributed by atoms with Gasteiger partial charge >= 0.3 is 0 Å². The Morgan fingerprint density at radius 3 is 1.63 bits per heavy atom. The molecule has 3 aromatic rings. The maximum absolute atomic E-state index is 9.88. The average molecular weight is 394 g/mol. The Bertz CT molecular complexity index is 1090. The molecule has 0 aromatic heterocycles. The van der Waals surface area contributed by atoms with E-state index in [1.54, 1.807) is 0 Å². The van der Waals surface area contributed by atoms with Gasteiger partial charge in [-0.25, -0.2) is 0 Å². The highest BCUT2D eigenvalue weighted by atomic mass is 16.5. The van der Waals surface area contributed by atoms with Crippen molar-refractivity contribution in [2.24, 2.45) is 0 Å². The first-order valence-electron chi connectivity index (χ1n) is 9.95. The second-order valence-electron chi connectivity index (χ2n) is 7.21. The van der Waals surface area contributed by atoms with Gasteiger partial charge in [0, 0.05) is 28.7 Å². The SMILES string of the molecule is OC[C@H]1O[C@@H](c2ccc(C#Cc3ccc(C#Cc4ccccc4)cc3)cc2)CC1O. The highest BCUT2D eigenvalue weighted by Gasteiger charge is 2.33. The van der Waals surface area contributed by atoms with Gasteiger partial charge in [0.05, 0.1) is 18.8 Å². The van der Waals surface area contributed by atoms with Crippen molar-refractivity contribution in [3.05, 3.63) is 107 Å². The molecule has 3 aromatic carbocycles. The number of benzene rings is 3. The van der Waals surface area contributed by atoms with Gasteiger partial charge in [-0.1, -0.05) is 54.0 Å². The van der Waals surface area contributed by atoms with Crippen LogP contribution in [0.1, 0.15) is 40.3 Å². The van der Waals surface area contributed by atoms with Crippen LogP contribution in [0, 0.1) is 23.7 Å². The molecule has 1 aliphatic heterocycles. The molecule has 0 spiro atoms. The second kappa shape index (κ2) is 9.44. The fraction of sp³-hybridized carbons (Fsp3) is 0.185. The highest BCUT2D eigenvalue weighted by molar-refractivity contribution is 5.48. The molecule has 0 aliphatic carbocycles. The smallest absolute Gasteiger partial charge is 0.107 e. The zero-order valence-corrected chi connectivity index (χ0v) is 16.5. The van der Waals surface area contributed by atoms with Gasteiger partial charge < -0.3 is 14.9 Å². The number of hydrogen-bond acceptors (Lipinski definition) is 3. The first-order chi connectivity index (χ1) is 14.7. The molecule has 1 saturated heterocycles. The lowest BCUT2D eigenvalue weighted by atomic mass is 10.0. The van der Waals surface area contributed by atoms with E-state index in [4.69, 9.17) is 4.74 Å². The fourth-order valence-electron chi connectivity index (χ4n) is 3.34. The van der Waals surface area contributed by atoms with Crippen molar-refractivity contribution in [3.63, 3.8) is 0 Å². The molecule has 2 N–H and O–H groups in total. The molecule has 1 fully saturated rings. The summed E-state index contributed by atoms with van der Waals surface area (Å²) >= 11 is 0. The van der Waals surface area contributed by atoms with Crippen molar-refractivity contribution in [1.82, 2.24) is 0 Å². The monoisotopic (exact) mass is 394 g/mol. The first kappa shape index (κ1) is 20.0. The van der Waals surface area contributed by atoms with Gasteiger partial charge in [0.25, 0.3) is 0 Å². The summed E-state index contributed by atoms with van der Waals surface area (Å²) in [6.45, 7) is -0.169. The summed E-state index contributed by atoms with van der Waals surface area (Å²) in [7, 11) is 0. The lowest BCUT2D eigenvalue weighted by Crippen LogP contribution is -2.24. The Balaban J connectivity index is 1.40. The molecular formula is C27H22O3. The zero-order valence-electron chi connectivity index (χ0n) is 16.5. The van der Waals surface area contributed by atoms with Gasteiger partial charge in [-0.2, -0.15) is 0 Å². The van der Waals surface area contributed by atoms with Gasteiger partial charge in [-0.05, 0) is 54.1 Å². The number of hydrogen-bond donors (Lipinski definition) is 2. The van der Waals surface area contributed by atoms with Gasteiger partial charge in [0.2, 0.25) is 0 Å². The Hall–Kier alpha value is -3.34. The Morgan fingerprint density at radius 1 is 0.700 bits per heavy atom. The minimum absolute atomic E-state index is 0.169. The standard InChI is InChI=1S/C27H22O3/c28-19-27-25(29)18-26(30-27)24-16-14-23(15-17-24)13-12-22-10-8-21(9-11-22)7-6-20-4-2-1-3-5-20/h1-5,8-11,14-17,25-29H,18-19H2/t25?,26-,27-/m1/s1. The predicted molar refractivity (Wildman–Crippen MR) is 117 cm³/mol. The van der Waals surface area contributed by atoms with Crippen molar-refractivity contribution in [2.45, 2.75) is 24.7 Å². The van der Waals surface area contributed by atoms with Crippen LogP contribution in [0.25, 0.3) is 0 Å². The van der Waals surface area contributed by atoms with Crippen molar-refractivity contribution >= 4 is 0 Å². The lowest BCUT2D eigenvalue weighted by Gasteiger charge is -2.12. The topological polar surface area (TPSA) is 49.7 Å². The fourth-order valence-corrected chi connectivity index (χ4v) is 3.34. The number of rotatable bonds is 2. The van der Waals surface area contributed by atoms with Crippen LogP contribution in [-0.4, -0.2) is 29.0 Å². The van der Waals surface area contributed by atoms with Gasteiger partial charge in [-0.3, -0.25) is 0 Å². The lowest BCUT2D eigenvalue weighted by molar-refractivity contribution is -0.0225. The van der Waals surface area contributed by atoms with Crippen molar-refractivity contribution in [3.8, 4) is 23.7 Å². The molecule has 3 atom stereocenters. The van der Waals surface area contributed by atoms with E-state index >= 15 is 0 Å². The number of aliphatic hydroxyl groups is 2. The minimum Gasteiger partial charge on any atom is -0.394 e. The largest absolute Gasteiger partial charge is 0.394 e. The van der Waals surface area contributed by atoms with E-state index < -0.39 is 12.2 Å². The molecule has 3 nitrogen and oxygen atoms in total. The predicted octanol–water partition coefficient (Wildman–Crippen LogP) is 3.67. The van der Waals surface area contributed by atoms with Crippen LogP contribution >= 0.6 is 0 Å². The van der Waals surface area contributed by atoms with Crippen molar-refractivity contribution in [2.75, 3.05) is 6.61 Å². The van der Waals surface area contributed by atoms with E-state index in [9.17, 15) is 10.2 Å². The molecule has 148 valence electrons. The molecule has 0 amide bonds. The highest BCUT2D eigenvalue weighted by Crippen LogP contribution is 2.32. The molecular weight excluding hydrogens is 372 g/mol. The maximum Gasteiger partial charge on any atom is 0.107 e. The summed E-state index contributed by atoms with van der Waals surface area (Å²) in [5.41, 5.74) is 4.76. The summed E-state index contributed by atoms with van der Waals surface area (Å²) in [5.74, 6) is 12.7. The summed E-state index contributed by atoms with van der Waals surface area (Å²) in [6, 6.07) is 25.6. The summed E-state index contributed by atoms with van der Waals surface area (Å²) in [4.78, 5) is 0. The third-order valence-electron chi connectivity index (χ3n) is 5.05. The molecule has 30 heavy (non-hydrogen) atoms. The molecule has 0 radical (unpaired) electrons. The van der Waals surface area contributed by atoms with Crippen LogP contribution in [0.4, 0.5) is 0 Å². The van der Waals surface area contributed by atoms with E-state index in [0.717, 1.165) is 27.8 Å². The second-order valence-corrected chi connectivity index (χ2v) is 7.21. The Kier molecular flexibility index (Phi) is 6.28. The molecule has 1 heterocycles. The Morgan fingerprint density at radius 2 is 1.17 bits per heavy atom. The normalized spacial score (nSPS) is 20.0. The average Bonchev–Trinajstić information content (AvgIpc) is 3.18. The number of aliphatic hydroxyl groups excluding tert-OH is 2. The molecule has 4 rings (SSSR count). The third kappa shape index (κ3) is 4.98. The summed E-state index contributed by atoms with van der Waals surface area (Å²) in [5, 5.41) is 19.1. The summed E-state index contributed by atoms with van der Waals surface area (Å²) in [6.07, 6.45) is -0.825. The van der Waals surface area contributed by atoms with Crippen molar-refractivity contribution < 1.29 is 14.9 Å². The van der Waals surface area contributed by atoms with Crippen LogP contribution in [0.2, 0.25) is 0 Å². The quantitative estimate of drug-likeness (QED) is 0.652. The van der Waals surface area contributed by atoms with Crippen LogP contribution < -0.4 is 0 Å². The molecule has 1 unspecified atom stereocenters. The van der Waals surface area contributed by atoms with E-state index in [2.05, 4.69) is 23.7 Å². The van der Waals surface area contributed by atoms with Crippen molar-refractivity contribution in [1.29, 1.82) is 0 Å². The van der Waals surface area contributed by atoms with Gasteiger partial charge in [0.15, 0.2) is 0 Å². The number of ether oxygens (including phenoxy) is 1. The van der Waals surface area contributed by atoms with Crippen LogP contribution in [0.5, 0.6) is 0 Å². The zero-order chi connectivity index (χ0) is 20.8. The molecule has 1 aliphatic rings. The van der Waals surface area contributed by atoms with Crippen LogP contribution in [-0.2, 0) is 4.74 Å². The van der Waals surface area contributed by atoms with Crippen LogP contribution in [0.15, 0.2) is 78.9 Å². The van der Waals surface area contributed by atoms with E-state index in [-0.39, 0.29) is 12.7 Å². The molecule has 3 heteroatoms. The first-order valence-corrected chi connectivity index (χ1v) is 9.95.